The van der Waals surface area contributed by atoms with Crippen LogP contribution in [0.3, 0.4) is 0 Å². The van der Waals surface area contributed by atoms with Crippen LogP contribution in [0.4, 0.5) is 5.69 Å². The topological polar surface area (TPSA) is 98.1 Å². The molecule has 0 atom stereocenters. The molecule has 0 aliphatic carbocycles. The third-order valence-corrected chi connectivity index (χ3v) is 6.92. The fourth-order valence-corrected chi connectivity index (χ4v) is 5.03. The van der Waals surface area contributed by atoms with Crippen LogP contribution in [0.2, 0.25) is 0 Å². The molecule has 8 nitrogen and oxygen atoms in total. The van der Waals surface area contributed by atoms with E-state index in [4.69, 9.17) is 14.6 Å². The number of aryl methyl sites for hydroxylation is 1. The van der Waals surface area contributed by atoms with Crippen molar-refractivity contribution in [3.05, 3.63) is 48.2 Å². The molecule has 0 saturated carbocycles. The summed E-state index contributed by atoms with van der Waals surface area (Å²) in [5.74, 6) is 0.145. The molecule has 1 aliphatic heterocycles. The molecule has 1 N–H and O–H groups in total. The zero-order valence-electron chi connectivity index (χ0n) is 16.7. The minimum atomic E-state index is -3.92. The summed E-state index contributed by atoms with van der Waals surface area (Å²) in [7, 11) is -0.472. The van der Waals surface area contributed by atoms with Crippen LogP contribution < -0.4 is 14.4 Å². The van der Waals surface area contributed by atoms with Crippen LogP contribution in [0.25, 0.3) is 10.9 Å². The van der Waals surface area contributed by atoms with Gasteiger partial charge in [0.25, 0.3) is 10.0 Å². The molecule has 2 aromatic carbocycles. The number of anilines is 1. The molecule has 0 unspecified atom stereocenters. The molecular formula is C21H22N2O6S. The highest BCUT2D eigenvalue weighted by molar-refractivity contribution is 7.90. The molecule has 0 radical (unpaired) electrons. The van der Waals surface area contributed by atoms with Crippen molar-refractivity contribution in [2.45, 2.75) is 17.7 Å². The van der Waals surface area contributed by atoms with Gasteiger partial charge in [0, 0.05) is 31.1 Å². The zero-order valence-corrected chi connectivity index (χ0v) is 17.5. The van der Waals surface area contributed by atoms with E-state index in [0.717, 1.165) is 12.2 Å². The Labute approximate surface area is 174 Å². The van der Waals surface area contributed by atoms with Crippen LogP contribution >= 0.6 is 0 Å². The van der Waals surface area contributed by atoms with Crippen molar-refractivity contribution in [1.29, 1.82) is 0 Å². The number of methoxy groups -OCH3 is 1. The Bertz CT molecular complexity index is 1230. The lowest BCUT2D eigenvalue weighted by molar-refractivity contribution is -0.136. The third-order valence-electron chi connectivity index (χ3n) is 5.25. The molecule has 9 heteroatoms. The third kappa shape index (κ3) is 3.45. The van der Waals surface area contributed by atoms with Crippen LogP contribution in [-0.4, -0.2) is 50.8 Å². The number of carboxylic acids is 1. The second-order valence-corrected chi connectivity index (χ2v) is 8.95. The Hall–Kier alpha value is -3.20. The largest absolute Gasteiger partial charge is 0.497 e. The number of likely N-dealkylation sites (N-methyl/N-ethyl adjacent to an activating group) is 1. The number of carbonyl (C=O) groups is 1. The van der Waals surface area contributed by atoms with E-state index >= 15 is 0 Å². The summed E-state index contributed by atoms with van der Waals surface area (Å²) < 4.78 is 39.1. The molecule has 4 rings (SSSR count). The number of benzene rings is 2. The molecule has 0 fully saturated rings. The van der Waals surface area contributed by atoms with Crippen LogP contribution in [0.5, 0.6) is 11.5 Å². The van der Waals surface area contributed by atoms with E-state index in [0.29, 0.717) is 34.6 Å². The lowest BCUT2D eigenvalue weighted by Gasteiger charge is -2.27. The van der Waals surface area contributed by atoms with E-state index in [9.17, 15) is 13.2 Å². The maximum Gasteiger partial charge on any atom is 0.303 e. The van der Waals surface area contributed by atoms with Gasteiger partial charge in [-0.15, -0.1) is 0 Å². The first-order valence-corrected chi connectivity index (χ1v) is 10.9. The number of rotatable bonds is 6. The summed E-state index contributed by atoms with van der Waals surface area (Å²) in [6.07, 6.45) is 1.60. The van der Waals surface area contributed by atoms with E-state index in [1.54, 1.807) is 30.3 Å². The Morgan fingerprint density at radius 1 is 1.23 bits per heavy atom. The van der Waals surface area contributed by atoms with Crippen molar-refractivity contribution in [3.63, 3.8) is 0 Å². The SMILES string of the molecule is COc1ccc2c(c1)c(CCC(=O)O)cn2S(=O)(=O)c1ccc2c(c1)OCCN2C. The first kappa shape index (κ1) is 20.1. The van der Waals surface area contributed by atoms with Gasteiger partial charge in [-0.2, -0.15) is 0 Å². The molecule has 3 aromatic rings. The average Bonchev–Trinajstić information content (AvgIpc) is 3.10. The van der Waals surface area contributed by atoms with Gasteiger partial charge < -0.3 is 19.5 Å². The Morgan fingerprint density at radius 3 is 2.77 bits per heavy atom. The van der Waals surface area contributed by atoms with Gasteiger partial charge in [-0.05, 0) is 42.3 Å². The molecule has 30 heavy (non-hydrogen) atoms. The van der Waals surface area contributed by atoms with E-state index in [2.05, 4.69) is 0 Å². The van der Waals surface area contributed by atoms with Gasteiger partial charge in [-0.3, -0.25) is 4.79 Å². The van der Waals surface area contributed by atoms with E-state index in [1.165, 1.54) is 23.3 Å². The van der Waals surface area contributed by atoms with Crippen molar-refractivity contribution in [2.75, 3.05) is 32.2 Å². The fraction of sp³-hybridized carbons (Fsp3) is 0.286. The Balaban J connectivity index is 1.84. The summed E-state index contributed by atoms with van der Waals surface area (Å²) in [6, 6.07) is 9.90. The summed E-state index contributed by atoms with van der Waals surface area (Å²) in [5.41, 5.74) is 1.93. The predicted octanol–water partition coefficient (Wildman–Crippen LogP) is 2.73. The summed E-state index contributed by atoms with van der Waals surface area (Å²) in [4.78, 5) is 13.2. The lowest BCUT2D eigenvalue weighted by Crippen LogP contribution is -2.29. The highest BCUT2D eigenvalue weighted by Crippen LogP contribution is 2.35. The van der Waals surface area contributed by atoms with Crippen molar-refractivity contribution in [2.24, 2.45) is 0 Å². The first-order valence-electron chi connectivity index (χ1n) is 9.44. The predicted molar refractivity (Wildman–Crippen MR) is 112 cm³/mol. The average molecular weight is 430 g/mol. The molecular weight excluding hydrogens is 408 g/mol. The normalized spacial score (nSPS) is 13.7. The van der Waals surface area contributed by atoms with Crippen molar-refractivity contribution < 1.29 is 27.8 Å². The second kappa shape index (κ2) is 7.56. The fourth-order valence-electron chi connectivity index (χ4n) is 3.62. The van der Waals surface area contributed by atoms with Crippen molar-refractivity contribution in [1.82, 2.24) is 3.97 Å². The van der Waals surface area contributed by atoms with Gasteiger partial charge in [0.2, 0.25) is 0 Å². The monoisotopic (exact) mass is 430 g/mol. The van der Waals surface area contributed by atoms with Crippen LogP contribution in [0, 0.1) is 0 Å². The van der Waals surface area contributed by atoms with Gasteiger partial charge in [-0.25, -0.2) is 12.4 Å². The number of aliphatic carboxylic acids is 1. The highest BCUT2D eigenvalue weighted by atomic mass is 32.2. The van der Waals surface area contributed by atoms with Gasteiger partial charge >= 0.3 is 5.97 Å². The lowest BCUT2D eigenvalue weighted by atomic mass is 10.1. The summed E-state index contributed by atoms with van der Waals surface area (Å²) in [5, 5.41) is 9.71. The number of hydrogen-bond acceptors (Lipinski definition) is 6. The van der Waals surface area contributed by atoms with Crippen LogP contribution in [0.15, 0.2) is 47.5 Å². The quantitative estimate of drug-likeness (QED) is 0.642. The summed E-state index contributed by atoms with van der Waals surface area (Å²) in [6.45, 7) is 1.22. The standard InChI is InChI=1S/C21H22N2O6S/c1-22-9-10-29-20-12-16(5-7-19(20)22)30(26,27)23-13-14(3-8-21(24)25)17-11-15(28-2)4-6-18(17)23/h4-7,11-13H,3,8-10H2,1-2H3,(H,24,25). The molecule has 0 spiro atoms. The smallest absolute Gasteiger partial charge is 0.303 e. The zero-order chi connectivity index (χ0) is 21.5. The number of aromatic nitrogens is 1. The van der Waals surface area contributed by atoms with Gasteiger partial charge in [0.1, 0.15) is 18.1 Å². The number of carboxylic acid groups (broad SMARTS) is 1. The molecule has 2 heterocycles. The molecule has 1 aliphatic rings. The maximum atomic E-state index is 13.5. The molecule has 1 aromatic heterocycles. The first-order chi connectivity index (χ1) is 14.3. The van der Waals surface area contributed by atoms with Crippen LogP contribution in [-0.2, 0) is 21.2 Å². The number of nitrogens with zero attached hydrogens (tertiary/aromatic N) is 2. The Morgan fingerprint density at radius 2 is 2.03 bits per heavy atom. The number of ether oxygens (including phenoxy) is 2. The van der Waals surface area contributed by atoms with Gasteiger partial charge in [-0.1, -0.05) is 0 Å². The van der Waals surface area contributed by atoms with E-state index in [1.807, 2.05) is 11.9 Å². The molecule has 0 amide bonds. The van der Waals surface area contributed by atoms with E-state index in [-0.39, 0.29) is 17.7 Å². The number of fused-ring (bicyclic) bond motifs is 2. The van der Waals surface area contributed by atoms with Gasteiger partial charge in [0.05, 0.1) is 29.8 Å². The molecule has 0 bridgehead atoms. The molecule has 158 valence electrons. The van der Waals surface area contributed by atoms with Gasteiger partial charge in [0.15, 0.2) is 0 Å². The van der Waals surface area contributed by atoms with Crippen LogP contribution in [0.1, 0.15) is 12.0 Å². The molecule has 0 saturated heterocycles. The highest BCUT2D eigenvalue weighted by Gasteiger charge is 2.25. The second-order valence-electron chi connectivity index (χ2n) is 7.13. The minimum absolute atomic E-state index is 0.102. The van der Waals surface area contributed by atoms with Crippen molar-refractivity contribution >= 4 is 32.6 Å². The number of hydrogen-bond donors (Lipinski definition) is 1. The van der Waals surface area contributed by atoms with Crippen molar-refractivity contribution in [3.8, 4) is 11.5 Å². The minimum Gasteiger partial charge on any atom is -0.497 e. The Kier molecular flexibility index (Phi) is 5.07. The van der Waals surface area contributed by atoms with E-state index < -0.39 is 16.0 Å². The summed E-state index contributed by atoms with van der Waals surface area (Å²) >= 11 is 0. The maximum absolute atomic E-state index is 13.5.